The molecule has 0 nitrogen and oxygen atoms in total. The molecule has 1 aliphatic rings. The van der Waals surface area contributed by atoms with Crippen LogP contribution in [0, 0.1) is 6.07 Å². The molecule has 0 amide bonds. The first kappa shape index (κ1) is 48.4. The molecule has 0 saturated carbocycles. The maximum absolute atomic E-state index is 3.90. The minimum absolute atomic E-state index is 0. The Kier molecular flexibility index (Phi) is 17.0. The predicted octanol–water partition coefficient (Wildman–Crippen LogP) is 7.69. The summed E-state index contributed by atoms with van der Waals surface area (Å²) in [4.78, 5) is 0. The molecule has 5 rings (SSSR count). The third-order valence-electron chi connectivity index (χ3n) is 9.66. The summed E-state index contributed by atoms with van der Waals surface area (Å²) >= 11 is 1.51. The van der Waals surface area contributed by atoms with E-state index in [0.717, 1.165) is 6.42 Å². The van der Waals surface area contributed by atoms with Gasteiger partial charge >= 0.3 is 70.3 Å². The Morgan fingerprint density at radius 2 is 1.15 bits per heavy atom. The molecular formula is C49H68Cl2Zr-2. The number of aryl methyl sites for hydroxylation is 1. The Morgan fingerprint density at radius 1 is 0.654 bits per heavy atom. The van der Waals surface area contributed by atoms with Gasteiger partial charge in [-0.1, -0.05) is 152 Å². The number of fused-ring (bicyclic) bond motifs is 3. The van der Waals surface area contributed by atoms with Gasteiger partial charge in [-0.05, 0) is 39.4 Å². The number of benzene rings is 3. The average Bonchev–Trinajstić information content (AvgIpc) is 3.60. The molecule has 0 heterocycles. The van der Waals surface area contributed by atoms with Crippen LogP contribution in [-0.4, -0.2) is 3.21 Å². The van der Waals surface area contributed by atoms with Crippen LogP contribution in [-0.2, 0) is 64.2 Å². The number of rotatable bonds is 3. The van der Waals surface area contributed by atoms with Crippen molar-refractivity contribution in [2.45, 2.75) is 164 Å². The van der Waals surface area contributed by atoms with Gasteiger partial charge in [0.2, 0.25) is 0 Å². The molecule has 4 aromatic rings. The standard InChI is InChI=1S/C29H41.C12H19.C8H8.2ClH.Zr/c1-26(2,3)22-14-18-13-19-15-23(27(4,5)6)25(29(10,11)12)17-21(19)20(18)16-24(22)28(7,8)9;1-5-6-10-7-8-11(9-10)12(2,3)4;1-2-8-6-4-3-5-7-8;;;/h14,16-17H,13H2,1-12H3;7-9H,5-6H2,1-4H3;3-7H,1H3;2*1H;/q2*-1;;;;+2/p-2. The third kappa shape index (κ3) is 12.7. The maximum Gasteiger partial charge on any atom is -1.00 e. The van der Waals surface area contributed by atoms with Crippen molar-refractivity contribution in [3.63, 3.8) is 0 Å². The first-order chi connectivity index (χ1) is 22.7. The van der Waals surface area contributed by atoms with Crippen LogP contribution < -0.4 is 24.8 Å². The molecule has 0 atom stereocenters. The molecule has 0 aliphatic heterocycles. The third-order valence-corrected chi connectivity index (χ3v) is 10.4. The average molecular weight is 819 g/mol. The SMILES string of the molecule is CC(C)(C)c1[c-]c2c(cc1C(C)(C)C)-c1cc(C(C)(C)C)c(C(C)(C)C)cc1C2.CCCc1cc(C(C)(C)C)c[cH-]1.C[C](=[Zr+2])c1ccccc1.[Cl-].[Cl-]. The van der Waals surface area contributed by atoms with E-state index in [1.807, 2.05) is 6.07 Å². The van der Waals surface area contributed by atoms with Gasteiger partial charge in [0.05, 0.1) is 0 Å². The molecule has 0 bridgehead atoms. The zero-order valence-electron chi connectivity index (χ0n) is 35.7. The summed E-state index contributed by atoms with van der Waals surface area (Å²) < 4.78 is 1.46. The molecule has 0 spiro atoms. The molecule has 0 N–H and O–H groups in total. The summed E-state index contributed by atoms with van der Waals surface area (Å²) in [5.74, 6) is 0. The van der Waals surface area contributed by atoms with E-state index in [-0.39, 0.29) is 46.5 Å². The van der Waals surface area contributed by atoms with E-state index >= 15 is 0 Å². The van der Waals surface area contributed by atoms with Crippen molar-refractivity contribution in [2.75, 3.05) is 0 Å². The predicted molar refractivity (Wildman–Crippen MR) is 219 cm³/mol. The van der Waals surface area contributed by atoms with Gasteiger partial charge in [-0.2, -0.15) is 41.0 Å². The van der Waals surface area contributed by atoms with Gasteiger partial charge in [0, 0.05) is 0 Å². The molecule has 1 aliphatic carbocycles. The summed E-state index contributed by atoms with van der Waals surface area (Å²) in [6, 6.07) is 28.7. The summed E-state index contributed by atoms with van der Waals surface area (Å²) in [6.07, 6.45) is 3.47. The second kappa shape index (κ2) is 18.3. The Morgan fingerprint density at radius 3 is 1.56 bits per heavy atom. The zero-order chi connectivity index (χ0) is 38.0. The van der Waals surface area contributed by atoms with Crippen LogP contribution in [0.15, 0.2) is 66.7 Å². The van der Waals surface area contributed by atoms with Crippen LogP contribution in [0.1, 0.15) is 174 Å². The van der Waals surface area contributed by atoms with Crippen LogP contribution >= 0.6 is 0 Å². The molecule has 0 saturated heterocycles. The Bertz CT molecular complexity index is 1670. The van der Waals surface area contributed by atoms with Crippen molar-refractivity contribution in [1.29, 1.82) is 0 Å². The molecule has 0 unspecified atom stereocenters. The van der Waals surface area contributed by atoms with Crippen molar-refractivity contribution in [2.24, 2.45) is 0 Å². The molecule has 0 radical (unpaired) electrons. The monoisotopic (exact) mass is 816 g/mol. The molecule has 0 fully saturated rings. The quantitative estimate of drug-likeness (QED) is 0.164. The first-order valence-corrected chi connectivity index (χ1v) is 20.1. The fraction of sp³-hybridized carbons (Fsp3) is 0.510. The van der Waals surface area contributed by atoms with Crippen LogP contribution in [0.2, 0.25) is 0 Å². The van der Waals surface area contributed by atoms with E-state index < -0.39 is 0 Å². The topological polar surface area (TPSA) is 0 Å². The summed E-state index contributed by atoms with van der Waals surface area (Å²) in [6.45, 7) is 39.2. The van der Waals surface area contributed by atoms with Crippen LogP contribution in [0.3, 0.4) is 0 Å². The Hall–Kier alpha value is -1.66. The minimum atomic E-state index is 0. The van der Waals surface area contributed by atoms with E-state index in [4.69, 9.17) is 0 Å². The fourth-order valence-corrected chi connectivity index (χ4v) is 7.13. The molecule has 3 heteroatoms. The first-order valence-electron chi connectivity index (χ1n) is 18.9. The van der Waals surface area contributed by atoms with Gasteiger partial charge in [-0.15, -0.1) is 16.7 Å². The van der Waals surface area contributed by atoms with Gasteiger partial charge in [0.15, 0.2) is 0 Å². The van der Waals surface area contributed by atoms with Gasteiger partial charge in [0.25, 0.3) is 0 Å². The molecule has 4 aromatic carbocycles. The van der Waals surface area contributed by atoms with Crippen molar-refractivity contribution in [3.05, 3.63) is 123 Å². The second-order valence-corrected chi connectivity index (χ2v) is 21.5. The van der Waals surface area contributed by atoms with Gasteiger partial charge in [-0.3, -0.25) is 0 Å². The van der Waals surface area contributed by atoms with Crippen molar-refractivity contribution in [3.8, 4) is 11.1 Å². The molecule has 52 heavy (non-hydrogen) atoms. The van der Waals surface area contributed by atoms with Crippen LogP contribution in [0.5, 0.6) is 0 Å². The van der Waals surface area contributed by atoms with E-state index in [1.54, 1.807) is 0 Å². The summed E-state index contributed by atoms with van der Waals surface area (Å²) in [7, 11) is 0. The maximum atomic E-state index is 3.90. The van der Waals surface area contributed by atoms with Crippen molar-refractivity contribution in [1.82, 2.24) is 0 Å². The normalized spacial score (nSPS) is 12.6. The van der Waals surface area contributed by atoms with Gasteiger partial charge < -0.3 is 24.8 Å². The number of hydrogen-bond donors (Lipinski definition) is 0. The van der Waals surface area contributed by atoms with E-state index in [2.05, 4.69) is 184 Å². The van der Waals surface area contributed by atoms with Crippen LogP contribution in [0.25, 0.3) is 11.1 Å². The van der Waals surface area contributed by atoms with Crippen molar-refractivity contribution >= 4 is 3.21 Å². The van der Waals surface area contributed by atoms with Crippen molar-refractivity contribution < 1.29 is 49.0 Å². The van der Waals surface area contributed by atoms with Gasteiger partial charge in [-0.25, -0.2) is 6.07 Å². The van der Waals surface area contributed by atoms with Gasteiger partial charge in [0.1, 0.15) is 0 Å². The smallest absolute Gasteiger partial charge is 1.00 e. The number of hydrogen-bond acceptors (Lipinski definition) is 0. The largest absolute Gasteiger partial charge is 1.00 e. The summed E-state index contributed by atoms with van der Waals surface area (Å²) in [5, 5.41) is 0. The molecular weight excluding hydrogens is 751 g/mol. The van der Waals surface area contributed by atoms with E-state index in [0.29, 0.717) is 5.41 Å². The molecule has 284 valence electrons. The Balaban J connectivity index is 0.000000483. The van der Waals surface area contributed by atoms with Crippen LogP contribution in [0.4, 0.5) is 0 Å². The number of halogens is 2. The minimum Gasteiger partial charge on any atom is -1.00 e. The van der Waals surface area contributed by atoms with E-state index in [1.165, 1.54) is 101 Å². The molecule has 0 aromatic heterocycles. The second-order valence-electron chi connectivity index (χ2n) is 19.7. The zero-order valence-corrected chi connectivity index (χ0v) is 39.7. The Labute approximate surface area is 347 Å². The fourth-order valence-electron chi connectivity index (χ4n) is 6.72. The van der Waals surface area contributed by atoms with E-state index in [9.17, 15) is 0 Å². The summed E-state index contributed by atoms with van der Waals surface area (Å²) in [5.41, 5.74) is 16.6.